The lowest BCUT2D eigenvalue weighted by atomic mass is 10.2. The van der Waals surface area contributed by atoms with Crippen molar-refractivity contribution >= 4 is 17.6 Å². The van der Waals surface area contributed by atoms with Gasteiger partial charge in [-0.1, -0.05) is 0 Å². The monoisotopic (exact) mass is 294 g/mol. The summed E-state index contributed by atoms with van der Waals surface area (Å²) >= 11 is 0. The van der Waals surface area contributed by atoms with E-state index >= 15 is 0 Å². The number of imide groups is 1. The van der Waals surface area contributed by atoms with Gasteiger partial charge in [0, 0.05) is 12.2 Å². The Morgan fingerprint density at radius 2 is 1.95 bits per heavy atom. The van der Waals surface area contributed by atoms with Crippen LogP contribution in [0.3, 0.4) is 0 Å². The van der Waals surface area contributed by atoms with E-state index in [1.165, 1.54) is 0 Å². The maximum atomic E-state index is 11.9. The van der Waals surface area contributed by atoms with E-state index in [0.717, 1.165) is 17.9 Å². The molecule has 0 saturated carbocycles. The number of hydrogen-bond donors (Lipinski definition) is 3. The molecule has 21 heavy (non-hydrogen) atoms. The summed E-state index contributed by atoms with van der Waals surface area (Å²) in [4.78, 5) is 24.6. The zero-order chi connectivity index (χ0) is 15.8. The van der Waals surface area contributed by atoms with Crippen molar-refractivity contribution in [1.29, 1.82) is 0 Å². The third kappa shape index (κ3) is 4.96. The number of amides is 3. The van der Waals surface area contributed by atoms with E-state index in [2.05, 4.69) is 5.32 Å². The second kappa shape index (κ2) is 8.11. The topological polar surface area (TPSA) is 111 Å². The standard InChI is InChI=1S/C14H22N4O3/c1-10(13(19)17-14(16)20)18(9-3-8-15)11-4-6-12(21-2)7-5-11/h4-7,10H,3,8-9,15H2,1-2H3,(H3,16,17,19,20). The maximum Gasteiger partial charge on any atom is 0.318 e. The van der Waals surface area contributed by atoms with Crippen LogP contribution in [0.25, 0.3) is 0 Å². The molecule has 1 aromatic carbocycles. The van der Waals surface area contributed by atoms with Crippen molar-refractivity contribution < 1.29 is 14.3 Å². The van der Waals surface area contributed by atoms with Gasteiger partial charge in [-0.2, -0.15) is 0 Å². The van der Waals surface area contributed by atoms with Crippen LogP contribution >= 0.6 is 0 Å². The highest BCUT2D eigenvalue weighted by atomic mass is 16.5. The molecule has 0 aliphatic carbocycles. The highest BCUT2D eigenvalue weighted by Crippen LogP contribution is 2.21. The van der Waals surface area contributed by atoms with Gasteiger partial charge in [0.25, 0.3) is 0 Å². The van der Waals surface area contributed by atoms with Gasteiger partial charge in [0.1, 0.15) is 11.8 Å². The molecule has 0 fully saturated rings. The number of ether oxygens (including phenoxy) is 1. The van der Waals surface area contributed by atoms with Gasteiger partial charge >= 0.3 is 6.03 Å². The molecule has 1 aromatic rings. The molecular weight excluding hydrogens is 272 g/mol. The molecule has 5 N–H and O–H groups in total. The van der Waals surface area contributed by atoms with Gasteiger partial charge in [-0.05, 0) is 44.2 Å². The minimum Gasteiger partial charge on any atom is -0.497 e. The first-order valence-corrected chi connectivity index (χ1v) is 6.70. The van der Waals surface area contributed by atoms with Crippen molar-refractivity contribution in [3.05, 3.63) is 24.3 Å². The van der Waals surface area contributed by atoms with E-state index in [9.17, 15) is 9.59 Å². The van der Waals surface area contributed by atoms with Crippen molar-refractivity contribution in [3.63, 3.8) is 0 Å². The average Bonchev–Trinajstić information content (AvgIpc) is 2.47. The SMILES string of the molecule is COc1ccc(N(CCCN)C(C)C(=O)NC(N)=O)cc1. The Labute approximate surface area is 124 Å². The summed E-state index contributed by atoms with van der Waals surface area (Å²) in [5.41, 5.74) is 11.4. The maximum absolute atomic E-state index is 11.9. The number of nitrogens with one attached hydrogen (secondary N) is 1. The van der Waals surface area contributed by atoms with E-state index < -0.39 is 18.0 Å². The molecule has 7 nitrogen and oxygen atoms in total. The number of anilines is 1. The molecule has 1 atom stereocenters. The Kier molecular flexibility index (Phi) is 6.48. The number of carbonyl (C=O) groups is 2. The van der Waals surface area contributed by atoms with Crippen molar-refractivity contribution in [2.45, 2.75) is 19.4 Å². The Balaban J connectivity index is 2.92. The Morgan fingerprint density at radius 1 is 1.33 bits per heavy atom. The minimum atomic E-state index is -0.861. The normalized spacial score (nSPS) is 11.6. The molecule has 0 saturated heterocycles. The number of carbonyl (C=O) groups excluding carboxylic acids is 2. The van der Waals surface area contributed by atoms with Gasteiger partial charge in [-0.3, -0.25) is 10.1 Å². The van der Waals surface area contributed by atoms with Crippen LogP contribution in [-0.2, 0) is 4.79 Å². The summed E-state index contributed by atoms with van der Waals surface area (Å²) in [5, 5.41) is 2.09. The van der Waals surface area contributed by atoms with Gasteiger partial charge < -0.3 is 21.1 Å². The van der Waals surface area contributed by atoms with E-state index in [1.807, 2.05) is 29.2 Å². The Hall–Kier alpha value is -2.28. The highest BCUT2D eigenvalue weighted by Gasteiger charge is 2.22. The first-order valence-electron chi connectivity index (χ1n) is 6.70. The van der Waals surface area contributed by atoms with Crippen LogP contribution < -0.4 is 26.4 Å². The molecule has 0 heterocycles. The highest BCUT2D eigenvalue weighted by molar-refractivity contribution is 5.97. The van der Waals surface area contributed by atoms with Crippen molar-refractivity contribution in [1.82, 2.24) is 5.32 Å². The predicted molar refractivity (Wildman–Crippen MR) is 81.2 cm³/mol. The van der Waals surface area contributed by atoms with Crippen molar-refractivity contribution in [3.8, 4) is 5.75 Å². The van der Waals surface area contributed by atoms with Crippen LogP contribution in [0.5, 0.6) is 5.75 Å². The summed E-state index contributed by atoms with van der Waals surface area (Å²) in [6.07, 6.45) is 0.722. The van der Waals surface area contributed by atoms with E-state index in [0.29, 0.717) is 13.1 Å². The third-order valence-electron chi connectivity index (χ3n) is 3.10. The van der Waals surface area contributed by atoms with Crippen molar-refractivity contribution in [2.75, 3.05) is 25.1 Å². The number of nitrogens with two attached hydrogens (primary N) is 2. The fraction of sp³-hybridized carbons (Fsp3) is 0.429. The van der Waals surface area contributed by atoms with Crippen molar-refractivity contribution in [2.24, 2.45) is 11.5 Å². The number of rotatable bonds is 7. The zero-order valence-electron chi connectivity index (χ0n) is 12.3. The number of methoxy groups -OCH3 is 1. The Bertz CT molecular complexity index is 476. The molecule has 0 aromatic heterocycles. The Morgan fingerprint density at radius 3 is 2.43 bits per heavy atom. The first-order chi connectivity index (χ1) is 9.99. The molecule has 0 aliphatic heterocycles. The first kappa shape index (κ1) is 16.8. The van der Waals surface area contributed by atoms with Crippen LogP contribution in [0.2, 0.25) is 0 Å². The molecule has 7 heteroatoms. The summed E-state index contributed by atoms with van der Waals surface area (Å²) in [5.74, 6) is 0.280. The number of nitrogens with zero attached hydrogens (tertiary/aromatic N) is 1. The second-order valence-corrected chi connectivity index (χ2v) is 4.56. The van der Waals surface area contributed by atoms with E-state index in [1.54, 1.807) is 14.0 Å². The zero-order valence-corrected chi connectivity index (χ0v) is 12.3. The molecule has 1 rings (SSSR count). The molecule has 0 aliphatic rings. The van der Waals surface area contributed by atoms with E-state index in [4.69, 9.17) is 16.2 Å². The molecule has 0 radical (unpaired) electrons. The summed E-state index contributed by atoms with van der Waals surface area (Å²) in [6.45, 7) is 2.81. The molecule has 0 bridgehead atoms. The minimum absolute atomic E-state index is 0.449. The van der Waals surface area contributed by atoms with Crippen LogP contribution in [0.4, 0.5) is 10.5 Å². The number of urea groups is 1. The van der Waals surface area contributed by atoms with Gasteiger partial charge in [0.2, 0.25) is 5.91 Å². The molecule has 3 amide bonds. The number of benzene rings is 1. The van der Waals surface area contributed by atoms with Crippen LogP contribution in [0.1, 0.15) is 13.3 Å². The summed E-state index contributed by atoms with van der Waals surface area (Å²) in [7, 11) is 1.59. The molecule has 0 spiro atoms. The lowest BCUT2D eigenvalue weighted by Crippen LogP contribution is -2.49. The number of primary amides is 1. The van der Waals surface area contributed by atoms with Gasteiger partial charge in [-0.25, -0.2) is 4.79 Å². The second-order valence-electron chi connectivity index (χ2n) is 4.56. The fourth-order valence-corrected chi connectivity index (χ4v) is 1.95. The largest absolute Gasteiger partial charge is 0.497 e. The van der Waals surface area contributed by atoms with Crippen LogP contribution in [-0.4, -0.2) is 38.2 Å². The third-order valence-corrected chi connectivity index (χ3v) is 3.10. The quantitative estimate of drug-likeness (QED) is 0.675. The predicted octanol–water partition coefficient (Wildman–Crippen LogP) is 0.434. The lowest BCUT2D eigenvalue weighted by molar-refractivity contribution is -0.120. The number of hydrogen-bond acceptors (Lipinski definition) is 5. The van der Waals surface area contributed by atoms with Crippen LogP contribution in [0.15, 0.2) is 24.3 Å². The smallest absolute Gasteiger partial charge is 0.318 e. The molecular formula is C14H22N4O3. The summed E-state index contributed by atoms with van der Waals surface area (Å²) in [6, 6.07) is 5.91. The van der Waals surface area contributed by atoms with Gasteiger partial charge in [-0.15, -0.1) is 0 Å². The van der Waals surface area contributed by atoms with E-state index in [-0.39, 0.29) is 0 Å². The summed E-state index contributed by atoms with van der Waals surface area (Å²) < 4.78 is 5.11. The average molecular weight is 294 g/mol. The molecule has 116 valence electrons. The van der Waals surface area contributed by atoms with Crippen LogP contribution in [0, 0.1) is 0 Å². The van der Waals surface area contributed by atoms with Gasteiger partial charge in [0.05, 0.1) is 7.11 Å². The lowest BCUT2D eigenvalue weighted by Gasteiger charge is -2.30. The molecule has 1 unspecified atom stereocenters. The fourth-order valence-electron chi connectivity index (χ4n) is 1.95. The van der Waals surface area contributed by atoms with Gasteiger partial charge in [0.15, 0.2) is 0 Å².